The first-order valence-corrected chi connectivity index (χ1v) is 8.44. The maximum absolute atomic E-state index is 12.5. The summed E-state index contributed by atoms with van der Waals surface area (Å²) in [7, 11) is 0. The number of hydrogen-bond acceptors (Lipinski definition) is 5. The van der Waals surface area contributed by atoms with Crippen LogP contribution in [0.1, 0.15) is 46.0 Å². The second kappa shape index (κ2) is 7.77. The van der Waals surface area contributed by atoms with Crippen LogP contribution in [-0.2, 0) is 16.0 Å². The smallest absolute Gasteiger partial charge is 0.338 e. The SMILES string of the molecule is CCOC(=O)c1ccnc(NC(=O)c2ccc3c(c2)CCCC(=O)N3)c1. The van der Waals surface area contributed by atoms with Crippen molar-refractivity contribution in [3.63, 3.8) is 0 Å². The molecule has 0 bridgehead atoms. The maximum Gasteiger partial charge on any atom is 0.338 e. The molecule has 26 heavy (non-hydrogen) atoms. The molecule has 1 aromatic heterocycles. The first-order chi connectivity index (χ1) is 12.6. The highest BCUT2D eigenvalue weighted by atomic mass is 16.5. The number of esters is 1. The van der Waals surface area contributed by atoms with Crippen molar-refractivity contribution in [2.45, 2.75) is 26.2 Å². The Balaban J connectivity index is 1.76. The first kappa shape index (κ1) is 17.6. The number of benzene rings is 1. The number of carbonyl (C=O) groups excluding carboxylic acids is 3. The molecule has 7 heteroatoms. The number of amides is 2. The second-order valence-electron chi connectivity index (χ2n) is 5.88. The molecule has 0 fully saturated rings. The van der Waals surface area contributed by atoms with Gasteiger partial charge in [0.15, 0.2) is 0 Å². The van der Waals surface area contributed by atoms with E-state index in [1.807, 2.05) is 0 Å². The number of nitrogens with one attached hydrogen (secondary N) is 2. The summed E-state index contributed by atoms with van der Waals surface area (Å²) in [5.41, 5.74) is 2.45. The zero-order valence-electron chi connectivity index (χ0n) is 14.4. The number of aromatic nitrogens is 1. The molecule has 1 aliphatic heterocycles. The summed E-state index contributed by atoms with van der Waals surface area (Å²) in [6.07, 6.45) is 3.38. The molecule has 2 amide bonds. The lowest BCUT2D eigenvalue weighted by Crippen LogP contribution is -2.15. The van der Waals surface area contributed by atoms with Gasteiger partial charge in [-0.3, -0.25) is 9.59 Å². The van der Waals surface area contributed by atoms with E-state index >= 15 is 0 Å². The molecular formula is C19H19N3O4. The van der Waals surface area contributed by atoms with Crippen molar-refractivity contribution in [3.8, 4) is 0 Å². The number of rotatable bonds is 4. The van der Waals surface area contributed by atoms with Crippen molar-refractivity contribution in [1.82, 2.24) is 4.98 Å². The van der Waals surface area contributed by atoms with Crippen LogP contribution in [0.5, 0.6) is 0 Å². The van der Waals surface area contributed by atoms with Crippen LogP contribution in [0.15, 0.2) is 36.5 Å². The van der Waals surface area contributed by atoms with Crippen molar-refractivity contribution in [3.05, 3.63) is 53.2 Å². The van der Waals surface area contributed by atoms with Crippen LogP contribution < -0.4 is 10.6 Å². The molecule has 0 saturated heterocycles. The monoisotopic (exact) mass is 353 g/mol. The molecule has 1 aromatic carbocycles. The van der Waals surface area contributed by atoms with E-state index in [-0.39, 0.29) is 24.2 Å². The average molecular weight is 353 g/mol. The Morgan fingerprint density at radius 1 is 1.19 bits per heavy atom. The quantitative estimate of drug-likeness (QED) is 0.824. The molecule has 2 aromatic rings. The second-order valence-corrected chi connectivity index (χ2v) is 5.88. The van der Waals surface area contributed by atoms with Crippen LogP contribution in [0, 0.1) is 0 Å². The Kier molecular flexibility index (Phi) is 5.26. The summed E-state index contributed by atoms with van der Waals surface area (Å²) in [5, 5.41) is 5.52. The Bertz CT molecular complexity index is 864. The summed E-state index contributed by atoms with van der Waals surface area (Å²) in [6, 6.07) is 8.15. The van der Waals surface area contributed by atoms with E-state index in [1.54, 1.807) is 25.1 Å². The third-order valence-corrected chi connectivity index (χ3v) is 4.00. The maximum atomic E-state index is 12.5. The third kappa shape index (κ3) is 4.05. The molecule has 0 unspecified atom stereocenters. The van der Waals surface area contributed by atoms with E-state index in [2.05, 4.69) is 15.6 Å². The van der Waals surface area contributed by atoms with Gasteiger partial charge in [0.1, 0.15) is 5.82 Å². The molecule has 2 N–H and O–H groups in total. The van der Waals surface area contributed by atoms with E-state index in [4.69, 9.17) is 4.74 Å². The number of nitrogens with zero attached hydrogens (tertiary/aromatic N) is 1. The number of fused-ring (bicyclic) bond motifs is 1. The number of anilines is 2. The minimum atomic E-state index is -0.467. The van der Waals surface area contributed by atoms with Crippen molar-refractivity contribution < 1.29 is 19.1 Å². The predicted molar refractivity (Wildman–Crippen MR) is 96.2 cm³/mol. The highest BCUT2D eigenvalue weighted by Crippen LogP contribution is 2.23. The highest BCUT2D eigenvalue weighted by molar-refractivity contribution is 6.05. The Morgan fingerprint density at radius 3 is 2.85 bits per heavy atom. The van der Waals surface area contributed by atoms with Gasteiger partial charge >= 0.3 is 5.97 Å². The third-order valence-electron chi connectivity index (χ3n) is 4.00. The van der Waals surface area contributed by atoms with E-state index < -0.39 is 5.97 Å². The van der Waals surface area contributed by atoms with E-state index in [0.717, 1.165) is 24.1 Å². The number of ether oxygens (including phenoxy) is 1. The molecule has 0 radical (unpaired) electrons. The molecular weight excluding hydrogens is 334 g/mol. The van der Waals surface area contributed by atoms with Gasteiger partial charge in [-0.05, 0) is 55.7 Å². The van der Waals surface area contributed by atoms with Crippen LogP contribution in [0.4, 0.5) is 11.5 Å². The van der Waals surface area contributed by atoms with E-state index in [0.29, 0.717) is 17.5 Å². The van der Waals surface area contributed by atoms with Gasteiger partial charge in [-0.1, -0.05) is 0 Å². The van der Waals surface area contributed by atoms with E-state index in [1.165, 1.54) is 18.3 Å². The fourth-order valence-corrected chi connectivity index (χ4v) is 2.74. The van der Waals surface area contributed by atoms with Crippen LogP contribution in [0.2, 0.25) is 0 Å². The molecule has 1 aliphatic rings. The van der Waals surface area contributed by atoms with Gasteiger partial charge in [-0.2, -0.15) is 0 Å². The van der Waals surface area contributed by atoms with Crippen LogP contribution in [0.25, 0.3) is 0 Å². The zero-order valence-corrected chi connectivity index (χ0v) is 14.4. The minimum absolute atomic E-state index is 0.0130. The lowest BCUT2D eigenvalue weighted by Gasteiger charge is -2.10. The Morgan fingerprint density at radius 2 is 2.04 bits per heavy atom. The normalized spacial score (nSPS) is 13.2. The van der Waals surface area contributed by atoms with Gasteiger partial charge in [0.05, 0.1) is 12.2 Å². The van der Waals surface area contributed by atoms with Gasteiger partial charge in [-0.15, -0.1) is 0 Å². The van der Waals surface area contributed by atoms with Crippen molar-refractivity contribution >= 4 is 29.3 Å². The van der Waals surface area contributed by atoms with Crippen molar-refractivity contribution in [2.75, 3.05) is 17.2 Å². The summed E-state index contributed by atoms with van der Waals surface area (Å²) < 4.78 is 4.94. The summed E-state index contributed by atoms with van der Waals surface area (Å²) >= 11 is 0. The van der Waals surface area contributed by atoms with Crippen LogP contribution in [0.3, 0.4) is 0 Å². The van der Waals surface area contributed by atoms with Gasteiger partial charge in [0, 0.05) is 23.9 Å². The largest absolute Gasteiger partial charge is 0.462 e. The Labute approximate surface area is 150 Å². The summed E-state index contributed by atoms with van der Waals surface area (Å²) in [4.78, 5) is 39.9. The molecule has 2 heterocycles. The predicted octanol–water partition coefficient (Wildman–Crippen LogP) is 2.79. The number of hydrogen-bond donors (Lipinski definition) is 2. The standard InChI is InChI=1S/C19H19N3O4/c1-2-26-19(25)14-8-9-20-16(11-14)22-18(24)13-6-7-15-12(10-13)4-3-5-17(23)21-15/h6-11H,2-5H2,1H3,(H,21,23)(H,20,22,24). The first-order valence-electron chi connectivity index (χ1n) is 8.44. The van der Waals surface area contributed by atoms with Gasteiger partial charge in [0.2, 0.25) is 5.91 Å². The average Bonchev–Trinajstić information content (AvgIpc) is 2.82. The molecule has 0 atom stereocenters. The van der Waals surface area contributed by atoms with Crippen molar-refractivity contribution in [1.29, 1.82) is 0 Å². The lowest BCUT2D eigenvalue weighted by atomic mass is 10.0. The summed E-state index contributed by atoms with van der Waals surface area (Å²) in [5.74, 6) is -0.548. The molecule has 0 aliphatic carbocycles. The number of aryl methyl sites for hydroxylation is 1. The topological polar surface area (TPSA) is 97.4 Å². The fourth-order valence-electron chi connectivity index (χ4n) is 2.74. The highest BCUT2D eigenvalue weighted by Gasteiger charge is 2.16. The number of carbonyl (C=O) groups is 3. The molecule has 0 spiro atoms. The fraction of sp³-hybridized carbons (Fsp3) is 0.263. The molecule has 7 nitrogen and oxygen atoms in total. The van der Waals surface area contributed by atoms with Gasteiger partial charge in [-0.25, -0.2) is 9.78 Å². The van der Waals surface area contributed by atoms with Crippen LogP contribution >= 0.6 is 0 Å². The van der Waals surface area contributed by atoms with Crippen LogP contribution in [-0.4, -0.2) is 29.4 Å². The van der Waals surface area contributed by atoms with E-state index in [9.17, 15) is 14.4 Å². The zero-order chi connectivity index (χ0) is 18.5. The molecule has 3 rings (SSSR count). The number of pyridine rings is 1. The summed E-state index contributed by atoms with van der Waals surface area (Å²) in [6.45, 7) is 2.00. The molecule has 134 valence electrons. The lowest BCUT2D eigenvalue weighted by molar-refractivity contribution is -0.116. The minimum Gasteiger partial charge on any atom is -0.462 e. The molecule has 0 saturated carbocycles. The Hall–Kier alpha value is -3.22. The van der Waals surface area contributed by atoms with Gasteiger partial charge in [0.25, 0.3) is 5.91 Å². The van der Waals surface area contributed by atoms with Gasteiger partial charge < -0.3 is 15.4 Å². The van der Waals surface area contributed by atoms with Crippen molar-refractivity contribution in [2.24, 2.45) is 0 Å².